The van der Waals surface area contributed by atoms with E-state index in [2.05, 4.69) is 10.3 Å². The van der Waals surface area contributed by atoms with Crippen LogP contribution in [0.4, 0.5) is 36.2 Å². The minimum atomic E-state index is -4.54. The molecule has 2 aromatic rings. The van der Waals surface area contributed by atoms with Crippen molar-refractivity contribution in [2.45, 2.75) is 6.18 Å². The molecule has 1 heterocycles. The number of hydrogen-bond donors (Lipinski definition) is 3. The summed E-state index contributed by atoms with van der Waals surface area (Å²) >= 11 is 5.59. The van der Waals surface area contributed by atoms with Crippen LogP contribution in [0.15, 0.2) is 30.3 Å². The molecule has 0 atom stereocenters. The van der Waals surface area contributed by atoms with Gasteiger partial charge in [0, 0.05) is 5.02 Å². The SMILES string of the molecule is Nc1ccc(Nc2ccc(Cl)cc2C(F)(F)F)nc1N. The Morgan fingerprint density at radius 2 is 1.80 bits per heavy atom. The first kappa shape index (κ1) is 14.3. The van der Waals surface area contributed by atoms with Gasteiger partial charge in [-0.15, -0.1) is 0 Å². The molecule has 0 aliphatic carbocycles. The summed E-state index contributed by atoms with van der Waals surface area (Å²) in [5, 5.41) is 2.54. The van der Waals surface area contributed by atoms with Crippen molar-refractivity contribution in [3.63, 3.8) is 0 Å². The van der Waals surface area contributed by atoms with E-state index in [0.29, 0.717) is 0 Å². The smallest absolute Gasteiger partial charge is 0.396 e. The van der Waals surface area contributed by atoms with Crippen molar-refractivity contribution >= 4 is 34.6 Å². The highest BCUT2D eigenvalue weighted by Gasteiger charge is 2.33. The molecule has 8 heteroatoms. The third-order valence-corrected chi connectivity index (χ3v) is 2.74. The largest absolute Gasteiger partial charge is 0.418 e. The Morgan fingerprint density at radius 1 is 1.10 bits per heavy atom. The zero-order chi connectivity index (χ0) is 14.9. The molecule has 0 radical (unpaired) electrons. The van der Waals surface area contributed by atoms with Gasteiger partial charge >= 0.3 is 6.18 Å². The molecule has 1 aromatic carbocycles. The molecule has 1 aromatic heterocycles. The molecule has 0 aliphatic heterocycles. The van der Waals surface area contributed by atoms with E-state index in [9.17, 15) is 13.2 Å². The van der Waals surface area contributed by atoms with Crippen LogP contribution in [0.25, 0.3) is 0 Å². The molecule has 0 saturated carbocycles. The Kier molecular flexibility index (Phi) is 3.63. The summed E-state index contributed by atoms with van der Waals surface area (Å²) in [4.78, 5) is 3.85. The van der Waals surface area contributed by atoms with Crippen LogP contribution < -0.4 is 16.8 Å². The number of alkyl halides is 3. The highest BCUT2D eigenvalue weighted by Crippen LogP contribution is 2.37. The van der Waals surface area contributed by atoms with Crippen LogP contribution in [0.1, 0.15) is 5.56 Å². The monoisotopic (exact) mass is 302 g/mol. The molecule has 0 spiro atoms. The summed E-state index contributed by atoms with van der Waals surface area (Å²) in [6.07, 6.45) is -4.54. The highest BCUT2D eigenvalue weighted by atomic mass is 35.5. The van der Waals surface area contributed by atoms with Crippen molar-refractivity contribution < 1.29 is 13.2 Å². The fraction of sp³-hybridized carbons (Fsp3) is 0.0833. The zero-order valence-corrected chi connectivity index (χ0v) is 10.8. The molecule has 106 valence electrons. The van der Waals surface area contributed by atoms with E-state index in [-0.39, 0.29) is 28.0 Å². The summed E-state index contributed by atoms with van der Waals surface area (Å²) < 4.78 is 38.7. The van der Waals surface area contributed by atoms with Crippen molar-refractivity contribution in [1.29, 1.82) is 0 Å². The van der Waals surface area contributed by atoms with Gasteiger partial charge in [0.2, 0.25) is 0 Å². The van der Waals surface area contributed by atoms with Crippen molar-refractivity contribution in [1.82, 2.24) is 4.98 Å². The second kappa shape index (κ2) is 5.09. The maximum absolute atomic E-state index is 12.9. The number of nitrogens with one attached hydrogen (secondary N) is 1. The Bertz CT molecular complexity index is 643. The Labute approximate surface area is 117 Å². The van der Waals surface area contributed by atoms with E-state index in [1.165, 1.54) is 24.3 Å². The third-order valence-electron chi connectivity index (χ3n) is 2.51. The van der Waals surface area contributed by atoms with E-state index in [1.54, 1.807) is 0 Å². The van der Waals surface area contributed by atoms with Gasteiger partial charge in [-0.25, -0.2) is 4.98 Å². The van der Waals surface area contributed by atoms with E-state index >= 15 is 0 Å². The fourth-order valence-electron chi connectivity index (χ4n) is 1.55. The molecular formula is C12H10ClF3N4. The number of hydrogen-bond acceptors (Lipinski definition) is 4. The first-order valence-electron chi connectivity index (χ1n) is 5.43. The third kappa shape index (κ3) is 3.05. The average molecular weight is 303 g/mol. The summed E-state index contributed by atoms with van der Waals surface area (Å²) in [6, 6.07) is 6.29. The number of pyridine rings is 1. The Hall–Kier alpha value is -2.15. The van der Waals surface area contributed by atoms with Gasteiger partial charge in [-0.2, -0.15) is 13.2 Å². The number of nitrogens with zero attached hydrogens (tertiary/aromatic N) is 1. The van der Waals surface area contributed by atoms with Gasteiger partial charge in [0.05, 0.1) is 16.9 Å². The second-order valence-electron chi connectivity index (χ2n) is 3.98. The Balaban J connectivity index is 2.40. The molecule has 0 fully saturated rings. The van der Waals surface area contributed by atoms with Crippen LogP contribution in [-0.4, -0.2) is 4.98 Å². The molecule has 5 N–H and O–H groups in total. The van der Waals surface area contributed by atoms with Gasteiger partial charge in [-0.3, -0.25) is 0 Å². The van der Waals surface area contributed by atoms with Crippen LogP contribution in [-0.2, 0) is 6.18 Å². The van der Waals surface area contributed by atoms with Crippen LogP contribution in [0, 0.1) is 0 Å². The van der Waals surface area contributed by atoms with Gasteiger partial charge < -0.3 is 16.8 Å². The van der Waals surface area contributed by atoms with Crippen LogP contribution >= 0.6 is 11.6 Å². The van der Waals surface area contributed by atoms with Gasteiger partial charge in [0.15, 0.2) is 0 Å². The fourth-order valence-corrected chi connectivity index (χ4v) is 1.73. The Morgan fingerprint density at radius 3 is 2.40 bits per heavy atom. The number of nitrogen functional groups attached to an aromatic ring is 2. The minimum Gasteiger partial charge on any atom is -0.396 e. The lowest BCUT2D eigenvalue weighted by Crippen LogP contribution is -2.09. The van der Waals surface area contributed by atoms with Gasteiger partial charge in [-0.1, -0.05) is 11.6 Å². The number of nitrogens with two attached hydrogens (primary N) is 2. The van der Waals surface area contributed by atoms with Gasteiger partial charge in [0.1, 0.15) is 11.6 Å². The van der Waals surface area contributed by atoms with Crippen LogP contribution in [0.3, 0.4) is 0 Å². The first-order chi connectivity index (χ1) is 9.27. The van der Waals surface area contributed by atoms with E-state index in [4.69, 9.17) is 23.1 Å². The quantitative estimate of drug-likeness (QED) is 0.791. The summed E-state index contributed by atoms with van der Waals surface area (Å²) in [5.41, 5.74) is 10.2. The predicted octanol–water partition coefficient (Wildman–Crippen LogP) is 3.66. The standard InChI is InChI=1S/C12H10ClF3N4/c13-6-1-3-9(7(5-6)12(14,15)16)19-10-4-2-8(17)11(18)20-10/h1-5H,17H2,(H3,18,19,20). The minimum absolute atomic E-state index is 0.00680. The molecule has 0 saturated heterocycles. The van der Waals surface area contributed by atoms with E-state index in [0.717, 1.165) is 6.07 Å². The molecule has 0 aliphatic rings. The van der Waals surface area contributed by atoms with E-state index < -0.39 is 11.7 Å². The molecular weight excluding hydrogens is 293 g/mol. The lowest BCUT2D eigenvalue weighted by Gasteiger charge is -2.15. The normalized spacial score (nSPS) is 11.4. The number of halogens is 4. The van der Waals surface area contributed by atoms with Gasteiger partial charge in [-0.05, 0) is 30.3 Å². The number of anilines is 4. The molecule has 4 nitrogen and oxygen atoms in total. The van der Waals surface area contributed by atoms with Crippen molar-refractivity contribution in [2.75, 3.05) is 16.8 Å². The first-order valence-corrected chi connectivity index (χ1v) is 5.81. The molecule has 20 heavy (non-hydrogen) atoms. The lowest BCUT2D eigenvalue weighted by molar-refractivity contribution is -0.136. The van der Waals surface area contributed by atoms with Crippen molar-refractivity contribution in [3.8, 4) is 0 Å². The van der Waals surface area contributed by atoms with E-state index in [1.807, 2.05) is 0 Å². The zero-order valence-electron chi connectivity index (χ0n) is 10.0. The summed E-state index contributed by atoms with van der Waals surface area (Å²) in [6.45, 7) is 0. The van der Waals surface area contributed by atoms with Crippen molar-refractivity contribution in [2.24, 2.45) is 0 Å². The lowest BCUT2D eigenvalue weighted by atomic mass is 10.1. The predicted molar refractivity (Wildman–Crippen MR) is 72.8 cm³/mol. The topological polar surface area (TPSA) is 77.0 Å². The van der Waals surface area contributed by atoms with Crippen LogP contribution in [0.5, 0.6) is 0 Å². The van der Waals surface area contributed by atoms with Crippen LogP contribution in [0.2, 0.25) is 5.02 Å². The second-order valence-corrected chi connectivity index (χ2v) is 4.42. The molecule has 0 bridgehead atoms. The average Bonchev–Trinajstić information content (AvgIpc) is 2.35. The number of benzene rings is 1. The maximum Gasteiger partial charge on any atom is 0.418 e. The van der Waals surface area contributed by atoms with Crippen molar-refractivity contribution in [3.05, 3.63) is 40.9 Å². The van der Waals surface area contributed by atoms with Gasteiger partial charge in [0.25, 0.3) is 0 Å². The summed E-state index contributed by atoms with van der Waals surface area (Å²) in [7, 11) is 0. The summed E-state index contributed by atoms with van der Waals surface area (Å²) in [5.74, 6) is 0.196. The molecule has 0 amide bonds. The maximum atomic E-state index is 12.9. The highest BCUT2D eigenvalue weighted by molar-refractivity contribution is 6.30. The number of rotatable bonds is 2. The number of aromatic nitrogens is 1. The molecule has 0 unspecified atom stereocenters. The molecule has 2 rings (SSSR count).